The maximum Gasteiger partial charge on any atom is 0.184 e. The van der Waals surface area contributed by atoms with E-state index in [9.17, 15) is 0 Å². The first kappa shape index (κ1) is 13.4. The SMILES string of the molecule is CC1[C@@H]2OC(c3ccccc3)OCC2OC[C@@H]1N=[N+]=[N-]. The molecule has 6 heteroatoms. The van der Waals surface area contributed by atoms with Crippen LogP contribution < -0.4 is 0 Å². The molecule has 6 nitrogen and oxygen atoms in total. The van der Waals surface area contributed by atoms with Crippen LogP contribution in [0.25, 0.3) is 10.4 Å². The summed E-state index contributed by atoms with van der Waals surface area (Å²) >= 11 is 0. The predicted molar refractivity (Wildman–Crippen MR) is 71.8 cm³/mol. The molecule has 106 valence electrons. The summed E-state index contributed by atoms with van der Waals surface area (Å²) in [5.41, 5.74) is 9.59. The van der Waals surface area contributed by atoms with Crippen molar-refractivity contribution >= 4 is 0 Å². The highest BCUT2D eigenvalue weighted by atomic mass is 16.7. The average Bonchev–Trinajstić information content (AvgIpc) is 2.51. The number of ether oxygens (including phenoxy) is 3. The summed E-state index contributed by atoms with van der Waals surface area (Å²) in [7, 11) is 0. The molecule has 20 heavy (non-hydrogen) atoms. The fourth-order valence-electron chi connectivity index (χ4n) is 2.73. The molecule has 0 amide bonds. The van der Waals surface area contributed by atoms with E-state index in [1.54, 1.807) is 0 Å². The van der Waals surface area contributed by atoms with Crippen LogP contribution in [-0.4, -0.2) is 31.5 Å². The zero-order valence-corrected chi connectivity index (χ0v) is 11.3. The molecule has 0 spiro atoms. The second kappa shape index (κ2) is 5.81. The Bertz CT molecular complexity index is 504. The van der Waals surface area contributed by atoms with E-state index in [2.05, 4.69) is 10.0 Å². The van der Waals surface area contributed by atoms with Gasteiger partial charge in [-0.25, -0.2) is 0 Å². The van der Waals surface area contributed by atoms with Gasteiger partial charge in [0.1, 0.15) is 6.10 Å². The number of hydrogen-bond donors (Lipinski definition) is 0. The van der Waals surface area contributed by atoms with Crippen LogP contribution in [0.1, 0.15) is 18.8 Å². The first-order chi connectivity index (χ1) is 9.79. The number of nitrogens with zero attached hydrogens (tertiary/aromatic N) is 3. The van der Waals surface area contributed by atoms with E-state index in [1.807, 2.05) is 37.3 Å². The molecule has 0 saturated carbocycles. The summed E-state index contributed by atoms with van der Waals surface area (Å²) in [6, 6.07) is 9.64. The number of benzene rings is 1. The van der Waals surface area contributed by atoms with Crippen molar-refractivity contribution in [1.29, 1.82) is 0 Å². The van der Waals surface area contributed by atoms with Crippen LogP contribution in [0, 0.1) is 5.92 Å². The Morgan fingerprint density at radius 2 is 2.00 bits per heavy atom. The van der Waals surface area contributed by atoms with Crippen molar-refractivity contribution in [2.24, 2.45) is 11.0 Å². The van der Waals surface area contributed by atoms with Crippen LogP contribution in [0.4, 0.5) is 0 Å². The summed E-state index contributed by atoms with van der Waals surface area (Å²) in [5.74, 6) is 0.111. The zero-order valence-electron chi connectivity index (χ0n) is 11.3. The quantitative estimate of drug-likeness (QED) is 0.473. The van der Waals surface area contributed by atoms with Crippen LogP contribution in [0.15, 0.2) is 35.4 Å². The van der Waals surface area contributed by atoms with Gasteiger partial charge in [-0.2, -0.15) is 0 Å². The van der Waals surface area contributed by atoms with Gasteiger partial charge in [0.25, 0.3) is 0 Å². The Labute approximate surface area is 117 Å². The summed E-state index contributed by atoms with van der Waals surface area (Å²) in [4.78, 5) is 2.88. The van der Waals surface area contributed by atoms with Gasteiger partial charge in [0.05, 0.1) is 25.4 Å². The monoisotopic (exact) mass is 275 g/mol. The Hall–Kier alpha value is -1.59. The minimum Gasteiger partial charge on any atom is -0.373 e. The van der Waals surface area contributed by atoms with Gasteiger partial charge < -0.3 is 14.2 Å². The van der Waals surface area contributed by atoms with Crippen molar-refractivity contribution in [3.05, 3.63) is 46.3 Å². The third kappa shape index (κ3) is 2.51. The summed E-state index contributed by atoms with van der Waals surface area (Å²) in [6.07, 6.45) is -0.582. The summed E-state index contributed by atoms with van der Waals surface area (Å²) in [6.45, 7) is 2.96. The van der Waals surface area contributed by atoms with E-state index >= 15 is 0 Å². The first-order valence-electron chi connectivity index (χ1n) is 6.77. The zero-order chi connectivity index (χ0) is 13.9. The van der Waals surface area contributed by atoms with Crippen LogP contribution in [0.2, 0.25) is 0 Å². The smallest absolute Gasteiger partial charge is 0.184 e. The molecule has 0 aromatic heterocycles. The maximum atomic E-state index is 8.60. The largest absolute Gasteiger partial charge is 0.373 e. The van der Waals surface area contributed by atoms with Crippen LogP contribution in [0.3, 0.4) is 0 Å². The van der Waals surface area contributed by atoms with Crippen LogP contribution >= 0.6 is 0 Å². The number of rotatable bonds is 2. The van der Waals surface area contributed by atoms with Gasteiger partial charge in [0.2, 0.25) is 0 Å². The lowest BCUT2D eigenvalue weighted by Crippen LogP contribution is -2.53. The van der Waals surface area contributed by atoms with Crippen molar-refractivity contribution in [1.82, 2.24) is 0 Å². The average molecular weight is 275 g/mol. The molecule has 3 rings (SSSR count). The Morgan fingerprint density at radius 3 is 2.75 bits per heavy atom. The Kier molecular flexibility index (Phi) is 3.89. The third-order valence-electron chi connectivity index (χ3n) is 3.94. The standard InChI is InChI=1S/C14H17N3O3/c1-9-11(16-17-15)7-18-12-8-19-14(20-13(9)12)10-5-3-2-4-6-10/h2-6,9,11-14H,7-8H2,1H3/t9?,11-,12?,13-,14?/m0/s1. The van der Waals surface area contributed by atoms with Gasteiger partial charge in [-0.05, 0) is 11.4 Å². The van der Waals surface area contributed by atoms with E-state index in [0.717, 1.165) is 5.56 Å². The molecule has 2 aliphatic heterocycles. The molecule has 0 bridgehead atoms. The van der Waals surface area contributed by atoms with E-state index in [-0.39, 0.29) is 30.5 Å². The van der Waals surface area contributed by atoms with Crippen LogP contribution in [0.5, 0.6) is 0 Å². The molecule has 2 heterocycles. The lowest BCUT2D eigenvalue weighted by molar-refractivity contribution is -0.291. The van der Waals surface area contributed by atoms with E-state index in [1.165, 1.54) is 0 Å². The lowest BCUT2D eigenvalue weighted by atomic mass is 9.89. The number of azide groups is 1. The van der Waals surface area contributed by atoms with Crippen molar-refractivity contribution in [2.75, 3.05) is 13.2 Å². The van der Waals surface area contributed by atoms with Gasteiger partial charge in [-0.15, -0.1) is 0 Å². The number of fused-ring (bicyclic) bond motifs is 1. The van der Waals surface area contributed by atoms with Crippen molar-refractivity contribution in [3.63, 3.8) is 0 Å². The molecule has 0 radical (unpaired) electrons. The third-order valence-corrected chi connectivity index (χ3v) is 3.94. The van der Waals surface area contributed by atoms with Crippen molar-refractivity contribution in [3.8, 4) is 0 Å². The molecule has 0 aliphatic carbocycles. The van der Waals surface area contributed by atoms with Gasteiger partial charge in [0, 0.05) is 10.5 Å². The highest BCUT2D eigenvalue weighted by Gasteiger charge is 2.43. The van der Waals surface area contributed by atoms with E-state index in [0.29, 0.717) is 13.2 Å². The minimum atomic E-state index is -0.381. The van der Waals surface area contributed by atoms with Gasteiger partial charge >= 0.3 is 0 Å². The van der Waals surface area contributed by atoms with Gasteiger partial charge in [0.15, 0.2) is 6.29 Å². The Balaban J connectivity index is 1.75. The van der Waals surface area contributed by atoms with E-state index < -0.39 is 0 Å². The fraction of sp³-hybridized carbons (Fsp3) is 0.571. The molecule has 2 fully saturated rings. The van der Waals surface area contributed by atoms with Gasteiger partial charge in [-0.3, -0.25) is 0 Å². The second-order valence-electron chi connectivity index (χ2n) is 5.18. The van der Waals surface area contributed by atoms with Crippen molar-refractivity contribution < 1.29 is 14.2 Å². The fourth-order valence-corrected chi connectivity index (χ4v) is 2.73. The minimum absolute atomic E-state index is 0.0879. The van der Waals surface area contributed by atoms with E-state index in [4.69, 9.17) is 19.7 Å². The molecule has 2 saturated heterocycles. The molecule has 1 aromatic carbocycles. The molecule has 1 aromatic rings. The van der Waals surface area contributed by atoms with Crippen molar-refractivity contribution in [2.45, 2.75) is 31.5 Å². The molecular formula is C14H17N3O3. The first-order valence-corrected chi connectivity index (χ1v) is 6.77. The molecular weight excluding hydrogens is 258 g/mol. The normalized spacial score (nSPS) is 36.8. The molecule has 3 unspecified atom stereocenters. The Morgan fingerprint density at radius 1 is 1.20 bits per heavy atom. The highest BCUT2D eigenvalue weighted by molar-refractivity contribution is 5.16. The van der Waals surface area contributed by atoms with Crippen LogP contribution in [-0.2, 0) is 14.2 Å². The highest BCUT2D eigenvalue weighted by Crippen LogP contribution is 2.35. The summed E-state index contributed by atoms with van der Waals surface area (Å²) < 4.78 is 17.4. The molecule has 0 N–H and O–H groups in total. The molecule has 2 aliphatic rings. The molecule has 5 atom stereocenters. The number of hydrogen-bond acceptors (Lipinski definition) is 4. The predicted octanol–water partition coefficient (Wildman–Crippen LogP) is 2.81. The topological polar surface area (TPSA) is 76.5 Å². The lowest BCUT2D eigenvalue weighted by Gasteiger charge is -2.44. The second-order valence-corrected chi connectivity index (χ2v) is 5.18. The maximum absolute atomic E-state index is 8.60. The summed E-state index contributed by atoms with van der Waals surface area (Å²) in [5, 5.41) is 3.79. The van der Waals surface area contributed by atoms with Gasteiger partial charge in [-0.1, -0.05) is 42.4 Å².